The molecule has 2 aromatic rings. The van der Waals surface area contributed by atoms with Crippen molar-refractivity contribution in [1.82, 2.24) is 0 Å². The van der Waals surface area contributed by atoms with E-state index in [1.807, 2.05) is 19.1 Å². The number of imide groups is 1. The smallest absolute Gasteiger partial charge is 0.268 e. The third-order valence-corrected chi connectivity index (χ3v) is 4.26. The van der Waals surface area contributed by atoms with E-state index in [0.717, 1.165) is 10.5 Å². The van der Waals surface area contributed by atoms with Gasteiger partial charge in [0.1, 0.15) is 5.03 Å². The van der Waals surface area contributed by atoms with Crippen LogP contribution in [0.4, 0.5) is 5.69 Å². The van der Waals surface area contributed by atoms with Crippen molar-refractivity contribution in [2.45, 2.75) is 6.92 Å². The van der Waals surface area contributed by atoms with Crippen LogP contribution in [-0.4, -0.2) is 11.8 Å². The van der Waals surface area contributed by atoms with Gasteiger partial charge in [0, 0.05) is 10.0 Å². The third-order valence-electron chi connectivity index (χ3n) is 3.47. The number of carbonyl (C=O) groups excluding carboxylic acids is 2. The van der Waals surface area contributed by atoms with E-state index in [-0.39, 0.29) is 16.3 Å². The molecule has 0 radical (unpaired) electrons. The number of nitrogens with zero attached hydrogens (tertiary/aromatic N) is 1. The molecule has 0 saturated heterocycles. The molecule has 116 valence electrons. The molecule has 0 N–H and O–H groups in total. The highest BCUT2D eigenvalue weighted by Gasteiger charge is 2.39. The number of rotatable bonds is 2. The van der Waals surface area contributed by atoms with Crippen molar-refractivity contribution >= 4 is 57.9 Å². The Morgan fingerprint density at radius 1 is 0.826 bits per heavy atom. The molecule has 3 rings (SSSR count). The van der Waals surface area contributed by atoms with Crippen molar-refractivity contribution in [2.24, 2.45) is 0 Å². The number of hydrogen-bond donors (Lipinski definition) is 0. The largest absolute Gasteiger partial charge is 0.277 e. The summed E-state index contributed by atoms with van der Waals surface area (Å²) in [5, 5.41) is 0.538. The summed E-state index contributed by atoms with van der Waals surface area (Å²) in [5.74, 6) is -1.09. The van der Waals surface area contributed by atoms with Gasteiger partial charge in [-0.05, 0) is 30.7 Å². The van der Waals surface area contributed by atoms with E-state index in [2.05, 4.69) is 0 Å². The van der Waals surface area contributed by atoms with Crippen molar-refractivity contribution in [3.8, 4) is 0 Å². The average molecular weight is 367 g/mol. The fraction of sp³-hybridized carbons (Fsp3) is 0.0588. The van der Waals surface area contributed by atoms with Crippen molar-refractivity contribution in [2.75, 3.05) is 4.90 Å². The quantitative estimate of drug-likeness (QED) is 0.714. The van der Waals surface area contributed by atoms with Crippen molar-refractivity contribution in [3.05, 3.63) is 68.7 Å². The van der Waals surface area contributed by atoms with Gasteiger partial charge >= 0.3 is 0 Å². The fourth-order valence-electron chi connectivity index (χ4n) is 2.38. The first-order chi connectivity index (χ1) is 10.9. The molecule has 0 aliphatic carbocycles. The number of carbonyl (C=O) groups is 2. The lowest BCUT2D eigenvalue weighted by atomic mass is 10.0. The molecular weight excluding hydrogens is 357 g/mol. The minimum absolute atomic E-state index is 0.116. The van der Waals surface area contributed by atoms with E-state index in [9.17, 15) is 9.59 Å². The lowest BCUT2D eigenvalue weighted by Gasteiger charge is -2.15. The number of aryl methyl sites for hydroxylation is 1. The molecule has 6 heteroatoms. The summed E-state index contributed by atoms with van der Waals surface area (Å²) in [6.45, 7) is 1.93. The average Bonchev–Trinajstić information content (AvgIpc) is 2.69. The number of halogens is 3. The monoisotopic (exact) mass is 365 g/mol. The second-order valence-corrected chi connectivity index (χ2v) is 6.38. The molecule has 0 atom stereocenters. The Morgan fingerprint density at radius 2 is 1.39 bits per heavy atom. The Bertz CT molecular complexity index is 836. The second-order valence-electron chi connectivity index (χ2n) is 5.13. The number of benzene rings is 2. The minimum atomic E-state index is -0.592. The zero-order valence-electron chi connectivity index (χ0n) is 11.9. The van der Waals surface area contributed by atoms with E-state index in [1.54, 1.807) is 12.1 Å². The maximum absolute atomic E-state index is 12.7. The second kappa shape index (κ2) is 6.00. The van der Waals surface area contributed by atoms with Crippen LogP contribution in [0.2, 0.25) is 10.0 Å². The normalized spacial score (nSPS) is 14.9. The molecular formula is C17H10Cl3NO2. The number of anilines is 1. The first-order valence-electron chi connectivity index (χ1n) is 6.70. The van der Waals surface area contributed by atoms with Crippen LogP contribution in [0.25, 0.3) is 5.57 Å². The predicted molar refractivity (Wildman–Crippen MR) is 92.9 cm³/mol. The van der Waals surface area contributed by atoms with Crippen LogP contribution in [0.3, 0.4) is 0 Å². The molecule has 0 fully saturated rings. The third kappa shape index (κ3) is 2.88. The SMILES string of the molecule is Cc1ccc(C2=C(Cl)C(=O)N(c3cc(Cl)cc(Cl)c3)C2=O)cc1. The van der Waals surface area contributed by atoms with Crippen LogP contribution < -0.4 is 4.90 Å². The number of amides is 2. The maximum Gasteiger partial charge on any atom is 0.277 e. The van der Waals surface area contributed by atoms with Crippen LogP contribution in [0, 0.1) is 6.92 Å². The molecule has 23 heavy (non-hydrogen) atoms. The van der Waals surface area contributed by atoms with Crippen LogP contribution in [-0.2, 0) is 9.59 Å². The van der Waals surface area contributed by atoms with E-state index < -0.39 is 11.8 Å². The molecule has 1 aliphatic heterocycles. The summed E-state index contributed by atoms with van der Waals surface area (Å²) in [5.41, 5.74) is 2.10. The van der Waals surface area contributed by atoms with E-state index >= 15 is 0 Å². The molecule has 2 amide bonds. The highest BCUT2D eigenvalue weighted by Crippen LogP contribution is 2.36. The molecule has 0 aromatic heterocycles. The van der Waals surface area contributed by atoms with Gasteiger partial charge in [0.2, 0.25) is 0 Å². The van der Waals surface area contributed by atoms with Gasteiger partial charge in [-0.25, -0.2) is 4.90 Å². The van der Waals surface area contributed by atoms with Gasteiger partial charge < -0.3 is 0 Å². The standard InChI is InChI=1S/C17H10Cl3NO2/c1-9-2-4-10(5-3-9)14-15(20)17(23)21(16(14)22)13-7-11(18)6-12(19)8-13/h2-8H,1H3. The summed E-state index contributed by atoms with van der Waals surface area (Å²) in [7, 11) is 0. The Labute approximate surface area is 148 Å². The van der Waals surface area contributed by atoms with Crippen molar-refractivity contribution < 1.29 is 9.59 Å². The van der Waals surface area contributed by atoms with E-state index in [1.165, 1.54) is 18.2 Å². The maximum atomic E-state index is 12.7. The van der Waals surface area contributed by atoms with E-state index in [4.69, 9.17) is 34.8 Å². The summed E-state index contributed by atoms with van der Waals surface area (Å²) in [6.07, 6.45) is 0. The number of hydrogen-bond acceptors (Lipinski definition) is 2. The molecule has 1 heterocycles. The lowest BCUT2D eigenvalue weighted by molar-refractivity contribution is -0.119. The zero-order chi connectivity index (χ0) is 16.7. The predicted octanol–water partition coefficient (Wildman–Crippen LogP) is 4.83. The van der Waals surface area contributed by atoms with E-state index in [0.29, 0.717) is 15.6 Å². The van der Waals surface area contributed by atoms with Crippen LogP contribution >= 0.6 is 34.8 Å². The Balaban J connectivity index is 2.07. The zero-order valence-corrected chi connectivity index (χ0v) is 14.2. The topological polar surface area (TPSA) is 37.4 Å². The highest BCUT2D eigenvalue weighted by atomic mass is 35.5. The van der Waals surface area contributed by atoms with Gasteiger partial charge in [0.05, 0.1) is 11.3 Å². The molecule has 0 bridgehead atoms. The lowest BCUT2D eigenvalue weighted by Crippen LogP contribution is -2.31. The first kappa shape index (κ1) is 16.1. The summed E-state index contributed by atoms with van der Waals surface area (Å²) in [6, 6.07) is 11.7. The molecule has 0 spiro atoms. The molecule has 1 aliphatic rings. The van der Waals surface area contributed by atoms with Crippen molar-refractivity contribution in [3.63, 3.8) is 0 Å². The summed E-state index contributed by atoms with van der Waals surface area (Å²) < 4.78 is 0. The molecule has 3 nitrogen and oxygen atoms in total. The fourth-order valence-corrected chi connectivity index (χ4v) is 3.17. The molecule has 0 saturated carbocycles. The van der Waals surface area contributed by atoms with Gasteiger partial charge in [-0.15, -0.1) is 0 Å². The summed E-state index contributed by atoms with van der Waals surface area (Å²) in [4.78, 5) is 26.1. The van der Waals surface area contributed by atoms with Crippen molar-refractivity contribution in [1.29, 1.82) is 0 Å². The van der Waals surface area contributed by atoms with Gasteiger partial charge in [-0.1, -0.05) is 64.6 Å². The highest BCUT2D eigenvalue weighted by molar-refractivity contribution is 6.60. The summed E-state index contributed by atoms with van der Waals surface area (Å²) >= 11 is 18.0. The molecule has 2 aromatic carbocycles. The van der Waals surface area contributed by atoms with Crippen LogP contribution in [0.15, 0.2) is 47.5 Å². The van der Waals surface area contributed by atoms with Crippen LogP contribution in [0.5, 0.6) is 0 Å². The Hall–Kier alpha value is -1.81. The minimum Gasteiger partial charge on any atom is -0.268 e. The Kier molecular flexibility index (Phi) is 4.19. The van der Waals surface area contributed by atoms with Gasteiger partial charge in [0.15, 0.2) is 0 Å². The first-order valence-corrected chi connectivity index (χ1v) is 7.83. The van der Waals surface area contributed by atoms with Crippen LogP contribution in [0.1, 0.15) is 11.1 Å². The molecule has 0 unspecified atom stereocenters. The Morgan fingerprint density at radius 3 is 1.96 bits per heavy atom. The van der Waals surface area contributed by atoms with Gasteiger partial charge in [-0.2, -0.15) is 0 Å². The van der Waals surface area contributed by atoms with Gasteiger partial charge in [-0.3, -0.25) is 9.59 Å². The van der Waals surface area contributed by atoms with Gasteiger partial charge in [0.25, 0.3) is 11.8 Å².